The Labute approximate surface area is 201 Å². The molecule has 0 unspecified atom stereocenters. The van der Waals surface area contributed by atoms with E-state index in [-0.39, 0.29) is 5.75 Å². The Morgan fingerprint density at radius 1 is 1.03 bits per heavy atom. The van der Waals surface area contributed by atoms with Crippen molar-refractivity contribution >= 4 is 11.0 Å². The molecule has 0 bridgehead atoms. The van der Waals surface area contributed by atoms with Gasteiger partial charge in [-0.25, -0.2) is 15.0 Å². The molecule has 2 aromatic carbocycles. The number of hydrogen-bond acceptors (Lipinski definition) is 6. The van der Waals surface area contributed by atoms with Crippen molar-refractivity contribution in [1.82, 2.24) is 24.4 Å². The fourth-order valence-electron chi connectivity index (χ4n) is 5.06. The maximum atomic E-state index is 13.1. The molecule has 1 saturated carbocycles. The summed E-state index contributed by atoms with van der Waals surface area (Å²) < 4.78 is 33.2. The molecule has 1 aliphatic carbocycles. The highest BCUT2D eigenvalue weighted by molar-refractivity contribution is 5.82. The summed E-state index contributed by atoms with van der Waals surface area (Å²) in [7, 11) is 2.00. The largest absolute Gasteiger partial charge is 0.434 e. The van der Waals surface area contributed by atoms with Crippen molar-refractivity contribution in [3.63, 3.8) is 0 Å². The number of ether oxygens (including phenoxy) is 1. The summed E-state index contributed by atoms with van der Waals surface area (Å²) in [5.74, 6) is 1.76. The Morgan fingerprint density at radius 2 is 1.83 bits per heavy atom. The van der Waals surface area contributed by atoms with Gasteiger partial charge in [0.25, 0.3) is 0 Å². The van der Waals surface area contributed by atoms with Crippen molar-refractivity contribution < 1.29 is 13.5 Å². The van der Waals surface area contributed by atoms with E-state index < -0.39 is 12.2 Å². The molecule has 4 aromatic rings. The Morgan fingerprint density at radius 3 is 2.54 bits per heavy atom. The minimum Gasteiger partial charge on any atom is -0.434 e. The minimum atomic E-state index is -2.88. The highest BCUT2D eigenvalue weighted by Gasteiger charge is 2.37. The summed E-state index contributed by atoms with van der Waals surface area (Å²) in [6, 6.07) is 11.4. The first-order valence-corrected chi connectivity index (χ1v) is 11.7. The van der Waals surface area contributed by atoms with Crippen LogP contribution >= 0.6 is 0 Å². The second-order valence-electron chi connectivity index (χ2n) is 9.57. The van der Waals surface area contributed by atoms with Crippen LogP contribution in [0.2, 0.25) is 0 Å². The number of halogens is 2. The van der Waals surface area contributed by atoms with Gasteiger partial charge in [-0.1, -0.05) is 18.2 Å². The van der Waals surface area contributed by atoms with Crippen molar-refractivity contribution in [2.24, 2.45) is 5.73 Å². The Bertz CT molecular complexity index is 1380. The Kier molecular flexibility index (Phi) is 5.26. The molecule has 0 saturated heterocycles. The van der Waals surface area contributed by atoms with Gasteiger partial charge in [-0.15, -0.1) is 0 Å². The second-order valence-corrected chi connectivity index (χ2v) is 9.57. The third kappa shape index (κ3) is 3.94. The number of rotatable bonds is 4. The molecule has 180 valence electrons. The fourth-order valence-corrected chi connectivity index (χ4v) is 5.06. The maximum absolute atomic E-state index is 13.1. The average molecular weight is 477 g/mol. The molecule has 0 amide bonds. The van der Waals surface area contributed by atoms with E-state index in [0.717, 1.165) is 58.4 Å². The van der Waals surface area contributed by atoms with Gasteiger partial charge >= 0.3 is 6.61 Å². The van der Waals surface area contributed by atoms with E-state index >= 15 is 0 Å². The third-order valence-electron chi connectivity index (χ3n) is 7.12. The normalized spacial score (nSPS) is 17.4. The van der Waals surface area contributed by atoms with Crippen LogP contribution in [0.3, 0.4) is 0 Å². The Hall–Kier alpha value is -3.43. The first kappa shape index (κ1) is 22.1. The van der Waals surface area contributed by atoms with E-state index in [1.807, 2.05) is 37.6 Å². The molecule has 2 N–H and O–H groups in total. The topological polar surface area (TPSA) is 82.1 Å². The van der Waals surface area contributed by atoms with Gasteiger partial charge in [-0.05, 0) is 55.6 Å². The molecule has 2 aliphatic rings. The smallest absolute Gasteiger partial charge is 0.387 e. The van der Waals surface area contributed by atoms with Crippen LogP contribution in [-0.4, -0.2) is 38.1 Å². The predicted octanol–water partition coefficient (Wildman–Crippen LogP) is 4.43. The van der Waals surface area contributed by atoms with E-state index in [4.69, 9.17) is 15.5 Å². The molecule has 1 fully saturated rings. The summed E-state index contributed by atoms with van der Waals surface area (Å²) in [6.07, 6.45) is 6.56. The summed E-state index contributed by atoms with van der Waals surface area (Å²) >= 11 is 0. The number of aromatic nitrogens is 4. The van der Waals surface area contributed by atoms with Gasteiger partial charge in [-0.2, -0.15) is 8.78 Å². The third-order valence-corrected chi connectivity index (χ3v) is 7.12. The molecular weight excluding hydrogens is 450 g/mol. The van der Waals surface area contributed by atoms with Gasteiger partial charge in [0.2, 0.25) is 0 Å². The van der Waals surface area contributed by atoms with Crippen LogP contribution in [0.15, 0.2) is 48.8 Å². The highest BCUT2D eigenvalue weighted by atomic mass is 19.3. The monoisotopic (exact) mass is 476 g/mol. The summed E-state index contributed by atoms with van der Waals surface area (Å²) in [6.45, 7) is -1.23. The number of nitrogens with zero attached hydrogens (tertiary/aromatic N) is 5. The second kappa shape index (κ2) is 8.35. The van der Waals surface area contributed by atoms with E-state index in [1.165, 1.54) is 0 Å². The first-order valence-electron chi connectivity index (χ1n) is 11.7. The molecule has 9 heteroatoms. The molecule has 0 spiro atoms. The highest BCUT2D eigenvalue weighted by Crippen LogP contribution is 2.37. The Balaban J connectivity index is 1.42. The van der Waals surface area contributed by atoms with Gasteiger partial charge in [0.1, 0.15) is 17.4 Å². The summed E-state index contributed by atoms with van der Waals surface area (Å²) in [5.41, 5.74) is 11.3. The molecule has 0 atom stereocenters. The van der Waals surface area contributed by atoms with Crippen LogP contribution in [0.5, 0.6) is 5.75 Å². The van der Waals surface area contributed by atoms with Crippen molar-refractivity contribution in [3.8, 4) is 16.9 Å². The lowest BCUT2D eigenvalue weighted by molar-refractivity contribution is -0.0505. The van der Waals surface area contributed by atoms with E-state index in [1.54, 1.807) is 12.1 Å². The van der Waals surface area contributed by atoms with Gasteiger partial charge in [0.05, 0.1) is 29.7 Å². The molecule has 0 radical (unpaired) electrons. The van der Waals surface area contributed by atoms with E-state index in [0.29, 0.717) is 25.5 Å². The lowest BCUT2D eigenvalue weighted by atomic mass is 9.77. The zero-order valence-corrected chi connectivity index (χ0v) is 19.4. The van der Waals surface area contributed by atoms with E-state index in [9.17, 15) is 8.78 Å². The van der Waals surface area contributed by atoms with Gasteiger partial charge in [0, 0.05) is 30.1 Å². The van der Waals surface area contributed by atoms with Crippen LogP contribution in [0, 0.1) is 0 Å². The number of alkyl halides is 2. The number of imidazole rings is 1. The van der Waals surface area contributed by atoms with Crippen LogP contribution in [0.1, 0.15) is 42.0 Å². The van der Waals surface area contributed by atoms with E-state index in [2.05, 4.69) is 25.5 Å². The zero-order chi connectivity index (χ0) is 24.2. The van der Waals surface area contributed by atoms with Crippen molar-refractivity contribution in [1.29, 1.82) is 0 Å². The zero-order valence-electron chi connectivity index (χ0n) is 19.4. The maximum Gasteiger partial charge on any atom is 0.387 e. The lowest BCUT2D eigenvalue weighted by Gasteiger charge is -2.36. The molecule has 2 aromatic heterocycles. The number of benzene rings is 2. The molecule has 6 rings (SSSR count). The van der Waals surface area contributed by atoms with Crippen molar-refractivity contribution in [2.75, 3.05) is 7.05 Å². The number of hydrogen-bond donors (Lipinski definition) is 1. The number of fused-ring (bicyclic) bond motifs is 4. The van der Waals surface area contributed by atoms with Gasteiger partial charge in [-0.3, -0.25) is 4.90 Å². The summed E-state index contributed by atoms with van der Waals surface area (Å²) in [4.78, 5) is 16.1. The quantitative estimate of drug-likeness (QED) is 0.469. The van der Waals surface area contributed by atoms with Crippen LogP contribution < -0.4 is 10.5 Å². The fraction of sp³-hybridized carbons (Fsp3) is 0.346. The average Bonchev–Trinajstić information content (AvgIpc) is 3.13. The molecule has 35 heavy (non-hydrogen) atoms. The van der Waals surface area contributed by atoms with Gasteiger partial charge in [0.15, 0.2) is 0 Å². The molecule has 3 heterocycles. The summed E-state index contributed by atoms with van der Waals surface area (Å²) in [5, 5.41) is 0. The van der Waals surface area contributed by atoms with Crippen LogP contribution in [-0.2, 0) is 25.2 Å². The van der Waals surface area contributed by atoms with Crippen molar-refractivity contribution in [2.45, 2.75) is 51.0 Å². The number of nitrogens with two attached hydrogens (primary N) is 1. The predicted molar refractivity (Wildman–Crippen MR) is 128 cm³/mol. The minimum absolute atomic E-state index is 0.201. The van der Waals surface area contributed by atoms with Crippen LogP contribution in [0.25, 0.3) is 22.2 Å². The lowest BCUT2D eigenvalue weighted by Crippen LogP contribution is -2.44. The van der Waals surface area contributed by atoms with Crippen LogP contribution in [0.4, 0.5) is 8.78 Å². The van der Waals surface area contributed by atoms with Gasteiger partial charge < -0.3 is 15.0 Å². The SMILES string of the molecule is CN1Cc2cccc(OC(F)F)c2Cn2c(nc3ccc(-c4cnc(C5(N)CCC5)nc4)cc32)C1. The molecule has 1 aliphatic heterocycles. The first-order chi connectivity index (χ1) is 16.9. The molecule has 7 nitrogen and oxygen atoms in total. The molecular formula is C26H26F2N6O. The van der Waals surface area contributed by atoms with Crippen molar-refractivity contribution in [3.05, 3.63) is 71.6 Å². The standard InChI is InChI=1S/C26H26F2N6O/c1-33-13-17-4-2-5-22(35-25(27)28)19(17)14-34-21-10-16(6-7-20(21)32-23(34)15-33)18-11-30-24(31-12-18)26(29)8-3-9-26/h2,4-7,10-12,25H,3,8-9,13-15,29H2,1H3.